The van der Waals surface area contributed by atoms with Gasteiger partial charge in [0.25, 0.3) is 0 Å². The van der Waals surface area contributed by atoms with Gasteiger partial charge < -0.3 is 0 Å². The van der Waals surface area contributed by atoms with Crippen LogP contribution in [0.15, 0.2) is 95.3 Å². The van der Waals surface area contributed by atoms with Crippen molar-refractivity contribution in [3.8, 4) is 0 Å². The van der Waals surface area contributed by atoms with Crippen molar-refractivity contribution in [2.24, 2.45) is 15.9 Å². The molecule has 0 radical (unpaired) electrons. The lowest BCUT2D eigenvalue weighted by atomic mass is 9.96. The van der Waals surface area contributed by atoms with E-state index in [9.17, 15) is 4.79 Å². The lowest BCUT2D eigenvalue weighted by Crippen LogP contribution is -2.07. The average Bonchev–Trinajstić information content (AvgIpc) is 3.18. The van der Waals surface area contributed by atoms with Crippen LogP contribution in [0.4, 0.5) is 0 Å². The van der Waals surface area contributed by atoms with Gasteiger partial charge in [0.05, 0.1) is 17.1 Å². The summed E-state index contributed by atoms with van der Waals surface area (Å²) in [6.45, 7) is 22.2. The molecular weight excluding hydrogens is 454 g/mol. The van der Waals surface area contributed by atoms with Crippen molar-refractivity contribution in [1.82, 2.24) is 4.98 Å². The van der Waals surface area contributed by atoms with Crippen LogP contribution in [0.25, 0.3) is 11.3 Å². The number of hydrogen-bond acceptors (Lipinski definition) is 4. The molecule has 1 aromatic heterocycles. The number of pyridine rings is 1. The normalized spacial score (nSPS) is 19.9. The molecule has 3 rings (SSSR count). The van der Waals surface area contributed by atoms with Crippen LogP contribution >= 0.6 is 0 Å². The van der Waals surface area contributed by atoms with Crippen LogP contribution in [0.1, 0.15) is 76.1 Å². The number of hydrogen-bond donors (Lipinski definition) is 0. The molecule has 1 aliphatic carbocycles. The summed E-state index contributed by atoms with van der Waals surface area (Å²) in [5.41, 5.74) is 8.86. The fourth-order valence-electron chi connectivity index (χ4n) is 4.61. The number of nitrogens with zero attached hydrogens (tertiary/aromatic N) is 3. The predicted octanol–water partition coefficient (Wildman–Crippen LogP) is 8.21. The van der Waals surface area contributed by atoms with Crippen LogP contribution in [0.2, 0.25) is 0 Å². The molecule has 37 heavy (non-hydrogen) atoms. The van der Waals surface area contributed by atoms with Crippen molar-refractivity contribution in [3.05, 3.63) is 102 Å². The molecule has 1 saturated carbocycles. The molecule has 1 fully saturated rings. The summed E-state index contributed by atoms with van der Waals surface area (Å²) in [7, 11) is 0. The van der Waals surface area contributed by atoms with Gasteiger partial charge in [-0.05, 0) is 82.1 Å². The van der Waals surface area contributed by atoms with Gasteiger partial charge in [0, 0.05) is 36.5 Å². The van der Waals surface area contributed by atoms with Gasteiger partial charge in [-0.3, -0.25) is 14.8 Å². The van der Waals surface area contributed by atoms with Gasteiger partial charge in [0.1, 0.15) is 0 Å². The van der Waals surface area contributed by atoms with E-state index >= 15 is 0 Å². The first-order chi connectivity index (χ1) is 17.7. The van der Waals surface area contributed by atoms with Crippen molar-refractivity contribution in [2.75, 3.05) is 0 Å². The summed E-state index contributed by atoms with van der Waals surface area (Å²) in [6, 6.07) is 1.97. The lowest BCUT2D eigenvalue weighted by molar-refractivity contribution is -0.111. The minimum atomic E-state index is -0.136. The minimum Gasteiger partial charge on any atom is -0.290 e. The van der Waals surface area contributed by atoms with E-state index in [0.29, 0.717) is 35.0 Å². The molecule has 0 saturated heterocycles. The van der Waals surface area contributed by atoms with Gasteiger partial charge in [0.2, 0.25) is 0 Å². The largest absolute Gasteiger partial charge is 0.290 e. The van der Waals surface area contributed by atoms with E-state index in [1.54, 1.807) is 6.21 Å². The maximum Gasteiger partial charge on any atom is 0.183 e. The number of rotatable bonds is 8. The maximum atomic E-state index is 12.8. The van der Waals surface area contributed by atoms with Gasteiger partial charge in [-0.2, -0.15) is 0 Å². The second-order valence-electron chi connectivity index (χ2n) is 9.99. The summed E-state index contributed by atoms with van der Waals surface area (Å²) in [6.07, 6.45) is 17.8. The zero-order chi connectivity index (χ0) is 26.9. The van der Waals surface area contributed by atoms with E-state index < -0.39 is 0 Å². The topological polar surface area (TPSA) is 54.7 Å². The van der Waals surface area contributed by atoms with Gasteiger partial charge in [-0.1, -0.05) is 61.3 Å². The Morgan fingerprint density at radius 2 is 2.00 bits per heavy atom. The fraction of sp³-hybridized carbons (Fsp3) is 0.333. The van der Waals surface area contributed by atoms with Crippen LogP contribution in [0, 0.1) is 5.92 Å². The Morgan fingerprint density at radius 1 is 1.22 bits per heavy atom. The van der Waals surface area contributed by atoms with Crippen molar-refractivity contribution >= 4 is 29.0 Å². The molecule has 0 spiro atoms. The Bertz CT molecular complexity index is 1270. The zero-order valence-electron chi connectivity index (χ0n) is 22.6. The predicted molar refractivity (Wildman–Crippen MR) is 159 cm³/mol. The third-order valence-corrected chi connectivity index (χ3v) is 6.96. The van der Waals surface area contributed by atoms with Crippen LogP contribution in [0.5, 0.6) is 0 Å². The van der Waals surface area contributed by atoms with Gasteiger partial charge in [0.15, 0.2) is 5.78 Å². The minimum absolute atomic E-state index is 0.136. The molecule has 0 N–H and O–H groups in total. The van der Waals surface area contributed by atoms with Crippen molar-refractivity contribution in [2.45, 2.75) is 65.7 Å². The zero-order valence-corrected chi connectivity index (χ0v) is 22.6. The van der Waals surface area contributed by atoms with Crippen molar-refractivity contribution in [3.63, 3.8) is 0 Å². The van der Waals surface area contributed by atoms with E-state index in [-0.39, 0.29) is 5.78 Å². The Balaban J connectivity index is 1.93. The van der Waals surface area contributed by atoms with Crippen LogP contribution < -0.4 is 0 Å². The lowest BCUT2D eigenvalue weighted by Gasteiger charge is -2.14. The molecule has 192 valence electrons. The van der Waals surface area contributed by atoms with E-state index in [1.807, 2.05) is 39.1 Å². The summed E-state index contributed by atoms with van der Waals surface area (Å²) in [5, 5.41) is 0. The summed E-state index contributed by atoms with van der Waals surface area (Å²) >= 11 is 0. The SMILES string of the molecule is C=C/C(C)=C\Cc1cnc(C2=CC(=O)C(=C)CC(/C=N\C(=C/C)C3CCCC(=C)CC3)=N2)cc1C(=C)C. The molecule has 4 nitrogen and oxygen atoms in total. The number of aromatic nitrogens is 1. The molecule has 0 bridgehead atoms. The smallest absolute Gasteiger partial charge is 0.183 e. The fourth-order valence-corrected chi connectivity index (χ4v) is 4.61. The molecule has 1 aliphatic heterocycles. The monoisotopic (exact) mass is 493 g/mol. The Morgan fingerprint density at radius 3 is 2.70 bits per heavy atom. The standard InChI is InChI=1S/C33H39N3O/c1-8-23(5)13-16-27-20-34-31(18-29(27)22(3)4)32-19-33(37)25(7)17-28(36-32)21-35-30(9-2)26-12-10-11-24(6)14-15-26/h8-9,13,18-21,26H,1,3,6-7,10-12,14-17H2,2,4-5H3/b23-13-,30-9-,35-21-. The van der Waals surface area contributed by atoms with Crippen LogP contribution in [-0.4, -0.2) is 22.7 Å². The highest BCUT2D eigenvalue weighted by Gasteiger charge is 2.19. The van der Waals surface area contributed by atoms with Gasteiger partial charge in [-0.25, -0.2) is 4.99 Å². The first-order valence-corrected chi connectivity index (χ1v) is 13.0. The van der Waals surface area contributed by atoms with Gasteiger partial charge >= 0.3 is 0 Å². The van der Waals surface area contributed by atoms with E-state index in [0.717, 1.165) is 66.5 Å². The van der Waals surface area contributed by atoms with Gasteiger partial charge in [-0.15, -0.1) is 0 Å². The Kier molecular flexibility index (Phi) is 9.85. The highest BCUT2D eigenvalue weighted by Crippen LogP contribution is 2.31. The van der Waals surface area contributed by atoms with Crippen molar-refractivity contribution < 1.29 is 4.79 Å². The third kappa shape index (κ3) is 7.66. The maximum absolute atomic E-state index is 12.8. The molecule has 1 aromatic rings. The number of ketones is 1. The highest BCUT2D eigenvalue weighted by atomic mass is 16.1. The molecular formula is C33H39N3O. The molecule has 2 heterocycles. The van der Waals surface area contributed by atoms with Crippen LogP contribution in [0.3, 0.4) is 0 Å². The molecule has 0 aromatic carbocycles. The van der Waals surface area contributed by atoms with E-state index in [2.05, 4.69) is 43.5 Å². The van der Waals surface area contributed by atoms with E-state index in [1.165, 1.54) is 11.6 Å². The number of carbonyl (C=O) groups excluding carboxylic acids is 1. The number of carbonyl (C=O) groups is 1. The average molecular weight is 494 g/mol. The quantitative estimate of drug-likeness (QED) is 0.120. The van der Waals surface area contributed by atoms with E-state index in [4.69, 9.17) is 9.98 Å². The van der Waals surface area contributed by atoms with Crippen LogP contribution in [-0.2, 0) is 11.2 Å². The van der Waals surface area contributed by atoms with Crippen molar-refractivity contribution in [1.29, 1.82) is 0 Å². The summed E-state index contributed by atoms with van der Waals surface area (Å²) in [5.74, 6) is 0.279. The second-order valence-corrected chi connectivity index (χ2v) is 9.99. The highest BCUT2D eigenvalue weighted by molar-refractivity contribution is 6.35. The molecule has 1 atom stereocenters. The Labute approximate surface area is 222 Å². The third-order valence-electron chi connectivity index (χ3n) is 6.96. The summed E-state index contributed by atoms with van der Waals surface area (Å²) in [4.78, 5) is 27.1. The molecule has 1 unspecified atom stereocenters. The second kappa shape index (κ2) is 13.0. The molecule has 2 aliphatic rings. The molecule has 0 amide bonds. The molecule has 4 heteroatoms. The Hall–Kier alpha value is -3.66. The number of allylic oxidation sites excluding steroid dienone is 9. The first-order valence-electron chi connectivity index (χ1n) is 13.0. The first kappa shape index (κ1) is 27.9. The summed E-state index contributed by atoms with van der Waals surface area (Å²) < 4.78 is 0. The number of aliphatic imine (C=N–C) groups is 2.